The highest BCUT2D eigenvalue weighted by Gasteiger charge is 2.42. The van der Waals surface area contributed by atoms with Crippen molar-refractivity contribution < 1.29 is 23.1 Å². The molecule has 0 saturated carbocycles. The molecule has 0 aliphatic heterocycles. The van der Waals surface area contributed by atoms with Crippen LogP contribution in [0.5, 0.6) is 0 Å². The molecule has 1 atom stereocenters. The maximum absolute atomic E-state index is 12.5. The smallest absolute Gasteiger partial charge is 0.344 e. The lowest BCUT2D eigenvalue weighted by molar-refractivity contribution is -0.140. The maximum atomic E-state index is 12.5. The molecule has 0 heterocycles. The molecule has 0 bridgehead atoms. The Bertz CT molecular complexity index is 267. The molecule has 5 nitrogen and oxygen atoms in total. The van der Waals surface area contributed by atoms with Gasteiger partial charge >= 0.3 is 13.6 Å². The molecule has 0 aliphatic rings. The fourth-order valence-corrected chi connectivity index (χ4v) is 3.71. The number of hydrogen-bond donors (Lipinski definition) is 0. The van der Waals surface area contributed by atoms with E-state index in [1.807, 2.05) is 13.8 Å². The number of esters is 1. The van der Waals surface area contributed by atoms with Crippen molar-refractivity contribution in [3.8, 4) is 0 Å². The van der Waals surface area contributed by atoms with Crippen LogP contribution in [0, 0.1) is 5.92 Å². The third kappa shape index (κ3) is 5.19. The van der Waals surface area contributed by atoms with Gasteiger partial charge in [0.2, 0.25) is 0 Å². The lowest BCUT2D eigenvalue weighted by atomic mass is 10.1. The number of carbonyl (C=O) groups is 1. The molecule has 17 heavy (non-hydrogen) atoms. The Morgan fingerprint density at radius 2 is 1.65 bits per heavy atom. The van der Waals surface area contributed by atoms with Crippen LogP contribution in [0.3, 0.4) is 0 Å². The molecule has 0 spiro atoms. The van der Waals surface area contributed by atoms with Crippen LogP contribution >= 0.6 is 7.60 Å². The van der Waals surface area contributed by atoms with E-state index in [0.29, 0.717) is 6.42 Å². The highest BCUT2D eigenvalue weighted by molar-refractivity contribution is 7.55. The van der Waals surface area contributed by atoms with Gasteiger partial charge in [-0.25, -0.2) is 0 Å². The second-order valence-electron chi connectivity index (χ2n) is 4.04. The molecule has 1 unspecified atom stereocenters. The van der Waals surface area contributed by atoms with Crippen LogP contribution in [0.4, 0.5) is 0 Å². The lowest BCUT2D eigenvalue weighted by Gasteiger charge is -2.25. The van der Waals surface area contributed by atoms with Crippen LogP contribution in [-0.2, 0) is 23.1 Å². The molecule has 102 valence electrons. The van der Waals surface area contributed by atoms with Crippen LogP contribution < -0.4 is 0 Å². The van der Waals surface area contributed by atoms with Gasteiger partial charge in [-0.3, -0.25) is 9.36 Å². The van der Waals surface area contributed by atoms with Gasteiger partial charge in [-0.15, -0.1) is 0 Å². The van der Waals surface area contributed by atoms with Gasteiger partial charge in [0.25, 0.3) is 0 Å². The standard InChI is InChI=1S/C11H23O5P/c1-6-15-17(13,16-7-2)10(8-9(3)4)11(12)14-5/h9-10H,6-8H2,1-5H3. The first-order valence-corrected chi connectivity index (χ1v) is 7.49. The van der Waals surface area contributed by atoms with Crippen molar-refractivity contribution in [2.75, 3.05) is 20.3 Å². The van der Waals surface area contributed by atoms with Crippen molar-refractivity contribution in [1.82, 2.24) is 0 Å². The summed E-state index contributed by atoms with van der Waals surface area (Å²) in [6.07, 6.45) is 0.421. The molecule has 0 aliphatic carbocycles. The summed E-state index contributed by atoms with van der Waals surface area (Å²) in [7, 11) is -2.15. The third-order valence-corrected chi connectivity index (χ3v) is 4.59. The van der Waals surface area contributed by atoms with E-state index in [0.717, 1.165) is 0 Å². The lowest BCUT2D eigenvalue weighted by Crippen LogP contribution is -2.26. The Kier molecular flexibility index (Phi) is 7.68. The fourth-order valence-electron chi connectivity index (χ4n) is 1.51. The van der Waals surface area contributed by atoms with E-state index in [9.17, 15) is 9.36 Å². The van der Waals surface area contributed by atoms with Crippen molar-refractivity contribution in [2.24, 2.45) is 5.92 Å². The first-order chi connectivity index (χ1) is 7.91. The molecule has 0 aromatic heterocycles. The number of carbonyl (C=O) groups excluding carboxylic acids is 1. The molecule has 6 heteroatoms. The van der Waals surface area contributed by atoms with Crippen LogP contribution in [0.2, 0.25) is 0 Å². The summed E-state index contributed by atoms with van der Waals surface area (Å²) in [5.74, 6) is -0.336. The minimum absolute atomic E-state index is 0.202. The molecule has 0 aromatic rings. The summed E-state index contributed by atoms with van der Waals surface area (Å²) >= 11 is 0. The van der Waals surface area contributed by atoms with Crippen molar-refractivity contribution in [1.29, 1.82) is 0 Å². The van der Waals surface area contributed by atoms with Crippen LogP contribution in [-0.4, -0.2) is 32.0 Å². The largest absolute Gasteiger partial charge is 0.468 e. The predicted molar refractivity (Wildman–Crippen MR) is 66.1 cm³/mol. The molecule has 0 N–H and O–H groups in total. The summed E-state index contributed by atoms with van der Waals surface area (Å²) < 4.78 is 27.6. The Morgan fingerprint density at radius 1 is 1.18 bits per heavy atom. The average molecular weight is 266 g/mol. The number of methoxy groups -OCH3 is 1. The summed E-state index contributed by atoms with van der Waals surface area (Å²) in [5.41, 5.74) is -0.840. The highest BCUT2D eigenvalue weighted by atomic mass is 31.2. The van der Waals surface area contributed by atoms with E-state index in [-0.39, 0.29) is 19.1 Å². The quantitative estimate of drug-likeness (QED) is 0.499. The number of rotatable bonds is 8. The zero-order valence-electron chi connectivity index (χ0n) is 11.3. The minimum Gasteiger partial charge on any atom is -0.468 e. The first kappa shape index (κ1) is 16.6. The van der Waals surface area contributed by atoms with Crippen LogP contribution in [0.25, 0.3) is 0 Å². The van der Waals surface area contributed by atoms with Gasteiger partial charge in [0.1, 0.15) is 0 Å². The first-order valence-electron chi connectivity index (χ1n) is 5.87. The zero-order valence-corrected chi connectivity index (χ0v) is 12.2. The van der Waals surface area contributed by atoms with E-state index in [2.05, 4.69) is 4.74 Å². The molecule has 0 aromatic carbocycles. The van der Waals surface area contributed by atoms with Crippen molar-refractivity contribution in [3.63, 3.8) is 0 Å². The van der Waals surface area contributed by atoms with Gasteiger partial charge in [0, 0.05) is 0 Å². The van der Waals surface area contributed by atoms with Crippen LogP contribution in [0.15, 0.2) is 0 Å². The van der Waals surface area contributed by atoms with Gasteiger partial charge < -0.3 is 13.8 Å². The molecular formula is C11H23O5P. The molecule has 0 fully saturated rings. The van der Waals surface area contributed by atoms with Gasteiger partial charge in [-0.2, -0.15) is 0 Å². The summed E-state index contributed by atoms with van der Waals surface area (Å²) in [5, 5.41) is 0. The van der Waals surface area contributed by atoms with Gasteiger partial charge in [-0.05, 0) is 26.2 Å². The van der Waals surface area contributed by atoms with Crippen molar-refractivity contribution in [2.45, 2.75) is 39.8 Å². The molecule has 0 saturated heterocycles. The monoisotopic (exact) mass is 266 g/mol. The molecule has 0 rings (SSSR count). The summed E-state index contributed by atoms with van der Waals surface area (Å²) in [6.45, 7) is 7.80. The van der Waals surface area contributed by atoms with Gasteiger partial charge in [0.15, 0.2) is 5.66 Å². The van der Waals surface area contributed by atoms with Crippen LogP contribution in [0.1, 0.15) is 34.1 Å². The average Bonchev–Trinajstić information content (AvgIpc) is 2.25. The van der Waals surface area contributed by atoms with Crippen molar-refractivity contribution in [3.05, 3.63) is 0 Å². The Labute approximate surface area is 103 Å². The number of ether oxygens (including phenoxy) is 1. The number of hydrogen-bond acceptors (Lipinski definition) is 5. The minimum atomic E-state index is -3.43. The SMILES string of the molecule is CCOP(=O)(OCC)C(CC(C)C)C(=O)OC. The van der Waals surface area contributed by atoms with E-state index in [1.165, 1.54) is 7.11 Å². The highest BCUT2D eigenvalue weighted by Crippen LogP contribution is 2.55. The van der Waals surface area contributed by atoms with E-state index >= 15 is 0 Å². The second-order valence-corrected chi connectivity index (χ2v) is 6.26. The maximum Gasteiger partial charge on any atom is 0.344 e. The molecular weight excluding hydrogens is 243 g/mol. The zero-order chi connectivity index (χ0) is 13.5. The summed E-state index contributed by atoms with van der Waals surface area (Å²) in [6, 6.07) is 0. The third-order valence-electron chi connectivity index (χ3n) is 2.17. The Hall–Kier alpha value is -0.380. The van der Waals surface area contributed by atoms with Gasteiger partial charge in [0.05, 0.1) is 20.3 Å². The van der Waals surface area contributed by atoms with Gasteiger partial charge in [-0.1, -0.05) is 13.8 Å². The topological polar surface area (TPSA) is 61.8 Å². The summed E-state index contributed by atoms with van der Waals surface area (Å²) in [4.78, 5) is 11.7. The predicted octanol–water partition coefficient (Wildman–Crippen LogP) is 2.84. The normalized spacial score (nSPS) is 13.8. The molecule has 0 radical (unpaired) electrons. The van der Waals surface area contributed by atoms with E-state index in [1.54, 1.807) is 13.8 Å². The van der Waals surface area contributed by atoms with E-state index < -0.39 is 19.2 Å². The Morgan fingerprint density at radius 3 is 1.94 bits per heavy atom. The molecule has 0 amide bonds. The second kappa shape index (κ2) is 7.85. The van der Waals surface area contributed by atoms with Crippen molar-refractivity contribution >= 4 is 13.6 Å². The van der Waals surface area contributed by atoms with E-state index in [4.69, 9.17) is 9.05 Å². The Balaban J connectivity index is 5.06. The fraction of sp³-hybridized carbons (Fsp3) is 0.909.